The van der Waals surface area contributed by atoms with Crippen molar-refractivity contribution < 1.29 is 22.7 Å². The van der Waals surface area contributed by atoms with Gasteiger partial charge >= 0.3 is 6.09 Å². The number of piperidine rings is 1. The fourth-order valence-electron chi connectivity index (χ4n) is 3.58. The minimum Gasteiger partial charge on any atom is -0.445 e. The van der Waals surface area contributed by atoms with E-state index in [-0.39, 0.29) is 43.2 Å². The van der Waals surface area contributed by atoms with Crippen molar-refractivity contribution >= 4 is 17.6 Å². The van der Waals surface area contributed by atoms with Crippen molar-refractivity contribution in [3.05, 3.63) is 65.2 Å². The highest BCUT2D eigenvalue weighted by atomic mass is 19.1. The number of ether oxygens (including phenoxy) is 1. The molecule has 6 nitrogen and oxygen atoms in total. The first-order valence-electron chi connectivity index (χ1n) is 9.11. The fraction of sp³-hybridized carbons (Fsp3) is 0.300. The van der Waals surface area contributed by atoms with Gasteiger partial charge in [0.15, 0.2) is 11.8 Å². The summed E-state index contributed by atoms with van der Waals surface area (Å²) < 4.78 is 48.6. The van der Waals surface area contributed by atoms with E-state index in [1.807, 2.05) is 30.3 Å². The standard InChI is InChI=1S/C20H19F3N4O2/c21-13-6-7-14(22)17-16(13)18(24)26-20(25-17)8-9-27(10-15(20)23)19(28)29-11-12-4-2-1-3-5-12/h1-7,15,25H,8-11H2,(H2,24,26)/t15-,20-/m0/s1. The summed E-state index contributed by atoms with van der Waals surface area (Å²) in [5.41, 5.74) is 4.63. The molecule has 0 radical (unpaired) electrons. The van der Waals surface area contributed by atoms with Gasteiger partial charge in [-0.15, -0.1) is 0 Å². The monoisotopic (exact) mass is 404 g/mol. The maximum Gasteiger partial charge on any atom is 0.410 e. The van der Waals surface area contributed by atoms with Gasteiger partial charge in [0, 0.05) is 13.0 Å². The Morgan fingerprint density at radius 2 is 1.97 bits per heavy atom. The summed E-state index contributed by atoms with van der Waals surface area (Å²) in [4.78, 5) is 17.6. The molecule has 2 atom stereocenters. The van der Waals surface area contributed by atoms with Gasteiger partial charge in [-0.2, -0.15) is 0 Å². The average molecular weight is 404 g/mol. The van der Waals surface area contributed by atoms with Crippen molar-refractivity contribution in [2.75, 3.05) is 18.4 Å². The number of aliphatic imine (C=N–C) groups is 1. The van der Waals surface area contributed by atoms with Crippen LogP contribution in [0.25, 0.3) is 0 Å². The Balaban J connectivity index is 1.47. The molecular weight excluding hydrogens is 385 g/mol. The maximum absolute atomic E-state index is 15.1. The zero-order valence-corrected chi connectivity index (χ0v) is 15.4. The quantitative estimate of drug-likeness (QED) is 0.806. The third kappa shape index (κ3) is 3.48. The molecule has 2 aliphatic heterocycles. The largest absolute Gasteiger partial charge is 0.445 e. The summed E-state index contributed by atoms with van der Waals surface area (Å²) in [5, 5.41) is 2.68. The molecule has 1 amide bonds. The van der Waals surface area contributed by atoms with Crippen LogP contribution in [0.4, 0.5) is 23.7 Å². The zero-order chi connectivity index (χ0) is 20.6. The van der Waals surface area contributed by atoms with E-state index >= 15 is 4.39 Å². The summed E-state index contributed by atoms with van der Waals surface area (Å²) in [6.45, 7) is -0.132. The van der Waals surface area contributed by atoms with E-state index in [0.29, 0.717) is 0 Å². The summed E-state index contributed by atoms with van der Waals surface area (Å²) >= 11 is 0. The number of anilines is 1. The van der Waals surface area contributed by atoms with Crippen LogP contribution in [0, 0.1) is 11.6 Å². The number of nitrogens with zero attached hydrogens (tertiary/aromatic N) is 2. The molecule has 2 aliphatic rings. The lowest BCUT2D eigenvalue weighted by Crippen LogP contribution is -2.60. The topological polar surface area (TPSA) is 80.0 Å². The number of amidine groups is 1. The molecule has 2 aromatic rings. The number of halogens is 3. The van der Waals surface area contributed by atoms with Gasteiger partial charge in [0.1, 0.15) is 24.1 Å². The number of rotatable bonds is 2. The summed E-state index contributed by atoms with van der Waals surface area (Å²) in [6, 6.07) is 11.0. The van der Waals surface area contributed by atoms with E-state index < -0.39 is 29.6 Å². The maximum atomic E-state index is 15.1. The Hall–Kier alpha value is -3.23. The van der Waals surface area contributed by atoms with E-state index in [2.05, 4.69) is 10.3 Å². The number of carbonyl (C=O) groups is 1. The molecule has 4 rings (SSSR count). The first kappa shape index (κ1) is 19.1. The van der Waals surface area contributed by atoms with Crippen LogP contribution < -0.4 is 11.1 Å². The third-order valence-electron chi connectivity index (χ3n) is 5.15. The Bertz CT molecular complexity index is 970. The normalized spacial score (nSPS) is 23.2. The Kier molecular flexibility index (Phi) is 4.81. The van der Waals surface area contributed by atoms with Crippen LogP contribution >= 0.6 is 0 Å². The van der Waals surface area contributed by atoms with Crippen molar-refractivity contribution in [2.24, 2.45) is 10.7 Å². The predicted molar refractivity (Wildman–Crippen MR) is 101 cm³/mol. The van der Waals surface area contributed by atoms with E-state index in [0.717, 1.165) is 17.7 Å². The van der Waals surface area contributed by atoms with Gasteiger partial charge in [-0.05, 0) is 17.7 Å². The molecule has 3 N–H and O–H groups in total. The molecule has 2 aromatic carbocycles. The van der Waals surface area contributed by atoms with Gasteiger partial charge in [-0.1, -0.05) is 30.3 Å². The van der Waals surface area contributed by atoms with Crippen LogP contribution in [0.2, 0.25) is 0 Å². The van der Waals surface area contributed by atoms with E-state index in [1.54, 1.807) is 0 Å². The average Bonchev–Trinajstić information content (AvgIpc) is 2.72. The number of nitrogens with one attached hydrogen (secondary N) is 1. The summed E-state index contributed by atoms with van der Waals surface area (Å²) in [5.74, 6) is -1.78. The number of hydrogen-bond donors (Lipinski definition) is 2. The molecule has 1 fully saturated rings. The van der Waals surface area contributed by atoms with Crippen LogP contribution in [-0.4, -0.2) is 41.8 Å². The lowest BCUT2D eigenvalue weighted by Gasteiger charge is -2.44. The molecule has 0 aromatic heterocycles. The van der Waals surface area contributed by atoms with Crippen molar-refractivity contribution in [3.63, 3.8) is 0 Å². The molecule has 0 bridgehead atoms. The minimum absolute atomic E-state index is 0.0185. The number of fused-ring (bicyclic) bond motifs is 1. The first-order valence-corrected chi connectivity index (χ1v) is 9.11. The molecule has 0 aliphatic carbocycles. The minimum atomic E-state index is -1.70. The van der Waals surface area contributed by atoms with E-state index in [9.17, 15) is 13.6 Å². The van der Waals surface area contributed by atoms with E-state index in [1.165, 1.54) is 4.90 Å². The van der Waals surface area contributed by atoms with Crippen molar-refractivity contribution in [2.45, 2.75) is 24.9 Å². The van der Waals surface area contributed by atoms with Gasteiger partial charge in [-0.25, -0.2) is 23.0 Å². The number of benzene rings is 2. The van der Waals surface area contributed by atoms with Crippen LogP contribution in [0.1, 0.15) is 17.5 Å². The second kappa shape index (κ2) is 7.31. The van der Waals surface area contributed by atoms with E-state index in [4.69, 9.17) is 10.5 Å². The lowest BCUT2D eigenvalue weighted by atomic mass is 9.92. The van der Waals surface area contributed by atoms with Gasteiger partial charge in [-0.3, -0.25) is 0 Å². The molecule has 9 heteroatoms. The van der Waals surface area contributed by atoms with Crippen molar-refractivity contribution in [1.82, 2.24) is 4.90 Å². The predicted octanol–water partition coefficient (Wildman–Crippen LogP) is 3.17. The smallest absolute Gasteiger partial charge is 0.410 e. The molecule has 2 heterocycles. The van der Waals surface area contributed by atoms with Gasteiger partial charge in [0.05, 0.1) is 17.8 Å². The fourth-order valence-corrected chi connectivity index (χ4v) is 3.58. The number of carbonyl (C=O) groups excluding carboxylic acids is 1. The van der Waals surface area contributed by atoms with Gasteiger partial charge < -0.3 is 20.7 Å². The van der Waals surface area contributed by atoms with Crippen LogP contribution in [-0.2, 0) is 11.3 Å². The molecular formula is C20H19F3N4O2. The number of amides is 1. The molecule has 0 saturated carbocycles. The first-order chi connectivity index (χ1) is 13.9. The Morgan fingerprint density at radius 3 is 2.69 bits per heavy atom. The Morgan fingerprint density at radius 1 is 1.24 bits per heavy atom. The summed E-state index contributed by atoms with van der Waals surface area (Å²) in [6.07, 6.45) is -2.34. The molecule has 152 valence electrons. The van der Waals surface area contributed by atoms with Gasteiger partial charge in [0.25, 0.3) is 0 Å². The third-order valence-corrected chi connectivity index (χ3v) is 5.15. The van der Waals surface area contributed by atoms with Crippen LogP contribution in [0.3, 0.4) is 0 Å². The zero-order valence-electron chi connectivity index (χ0n) is 15.4. The van der Waals surface area contributed by atoms with Crippen molar-refractivity contribution in [1.29, 1.82) is 0 Å². The summed E-state index contributed by atoms with van der Waals surface area (Å²) in [7, 11) is 0. The van der Waals surface area contributed by atoms with Crippen molar-refractivity contribution in [3.8, 4) is 0 Å². The lowest BCUT2D eigenvalue weighted by molar-refractivity contribution is 0.0487. The number of nitrogens with two attached hydrogens (primary N) is 1. The molecule has 0 unspecified atom stereocenters. The van der Waals surface area contributed by atoms with Crippen LogP contribution in [0.5, 0.6) is 0 Å². The van der Waals surface area contributed by atoms with Gasteiger partial charge in [0.2, 0.25) is 0 Å². The SMILES string of the molecule is NC1=N[C@]2(CCN(C(=O)OCc3ccccc3)C[C@@H]2F)Nc2c(F)ccc(F)c21. The Labute approximate surface area is 165 Å². The van der Waals surface area contributed by atoms with Crippen LogP contribution in [0.15, 0.2) is 47.5 Å². The highest BCUT2D eigenvalue weighted by molar-refractivity contribution is 6.04. The highest BCUT2D eigenvalue weighted by Crippen LogP contribution is 2.38. The molecule has 29 heavy (non-hydrogen) atoms. The number of hydrogen-bond acceptors (Lipinski definition) is 5. The number of likely N-dealkylation sites (tertiary alicyclic amines) is 1. The number of alkyl halides is 1. The second-order valence-corrected chi connectivity index (χ2v) is 7.03. The molecule has 1 spiro atoms. The second-order valence-electron chi connectivity index (χ2n) is 7.03. The molecule has 1 saturated heterocycles. The highest BCUT2D eigenvalue weighted by Gasteiger charge is 2.48.